The molecule has 1 aliphatic heterocycles. The highest BCUT2D eigenvalue weighted by Gasteiger charge is 2.19. The van der Waals surface area contributed by atoms with Crippen LogP contribution in [0.15, 0.2) is 12.1 Å². The number of esters is 1. The Kier molecular flexibility index (Phi) is 3.52. The van der Waals surface area contributed by atoms with Crippen LogP contribution in [0.5, 0.6) is 11.5 Å². The number of hydrogen-bond donors (Lipinski definition) is 0. The first-order valence-electron chi connectivity index (χ1n) is 4.98. The van der Waals surface area contributed by atoms with Crippen LogP contribution in [0.1, 0.15) is 17.3 Å². The first kappa shape index (κ1) is 11.5. The second-order valence-electron chi connectivity index (χ2n) is 3.20. The molecular weight excluding hydrogens is 323 g/mol. The van der Waals surface area contributed by atoms with Crippen LogP contribution in [0.25, 0.3) is 0 Å². The molecular formula is C11H11IO4. The zero-order valence-electron chi connectivity index (χ0n) is 8.79. The summed E-state index contributed by atoms with van der Waals surface area (Å²) in [5.41, 5.74) is 0.496. The molecule has 0 N–H and O–H groups in total. The molecule has 0 unspecified atom stereocenters. The monoisotopic (exact) mass is 334 g/mol. The summed E-state index contributed by atoms with van der Waals surface area (Å²) in [7, 11) is 0. The SMILES string of the molecule is CCOC(=O)c1cc(I)c2c(c1)OCCO2. The molecule has 5 heteroatoms. The third-order valence-electron chi connectivity index (χ3n) is 2.11. The van der Waals surface area contributed by atoms with Crippen molar-refractivity contribution >= 4 is 28.6 Å². The van der Waals surface area contributed by atoms with Crippen LogP contribution < -0.4 is 9.47 Å². The van der Waals surface area contributed by atoms with E-state index in [-0.39, 0.29) is 5.97 Å². The first-order valence-corrected chi connectivity index (χ1v) is 6.06. The summed E-state index contributed by atoms with van der Waals surface area (Å²) in [4.78, 5) is 11.6. The van der Waals surface area contributed by atoms with Gasteiger partial charge in [0, 0.05) is 0 Å². The van der Waals surface area contributed by atoms with Crippen molar-refractivity contribution in [2.75, 3.05) is 19.8 Å². The minimum Gasteiger partial charge on any atom is -0.486 e. The summed E-state index contributed by atoms with van der Waals surface area (Å²) in [6.07, 6.45) is 0. The molecule has 0 saturated heterocycles. The van der Waals surface area contributed by atoms with Gasteiger partial charge in [-0.05, 0) is 41.6 Å². The van der Waals surface area contributed by atoms with Gasteiger partial charge in [-0.2, -0.15) is 0 Å². The second-order valence-corrected chi connectivity index (χ2v) is 4.36. The summed E-state index contributed by atoms with van der Waals surface area (Å²) < 4.78 is 16.7. The summed E-state index contributed by atoms with van der Waals surface area (Å²) >= 11 is 2.12. The molecule has 0 atom stereocenters. The van der Waals surface area contributed by atoms with Gasteiger partial charge < -0.3 is 14.2 Å². The van der Waals surface area contributed by atoms with Crippen LogP contribution in [0.4, 0.5) is 0 Å². The summed E-state index contributed by atoms with van der Waals surface area (Å²) in [6, 6.07) is 3.40. The van der Waals surface area contributed by atoms with Crippen LogP contribution >= 0.6 is 22.6 Å². The summed E-state index contributed by atoms with van der Waals surface area (Å²) in [5.74, 6) is 0.985. The van der Waals surface area contributed by atoms with Crippen molar-refractivity contribution in [2.45, 2.75) is 6.92 Å². The predicted octanol–water partition coefficient (Wildman–Crippen LogP) is 2.24. The lowest BCUT2D eigenvalue weighted by atomic mass is 10.2. The van der Waals surface area contributed by atoms with Crippen LogP contribution in [0, 0.1) is 3.57 Å². The van der Waals surface area contributed by atoms with E-state index in [1.807, 2.05) is 0 Å². The van der Waals surface area contributed by atoms with Crippen LogP contribution in [-0.4, -0.2) is 25.8 Å². The van der Waals surface area contributed by atoms with Gasteiger partial charge in [0.15, 0.2) is 11.5 Å². The fraction of sp³-hybridized carbons (Fsp3) is 0.364. The molecule has 0 aliphatic carbocycles. The third kappa shape index (κ3) is 2.23. The molecule has 2 rings (SSSR count). The Morgan fingerprint density at radius 1 is 1.44 bits per heavy atom. The number of rotatable bonds is 2. The van der Waals surface area contributed by atoms with Crippen molar-refractivity contribution in [1.29, 1.82) is 0 Å². The standard InChI is InChI=1S/C11H11IO4/c1-2-14-11(13)7-5-8(12)10-9(6-7)15-3-4-16-10/h5-6H,2-4H2,1H3. The van der Waals surface area contributed by atoms with Crippen molar-refractivity contribution < 1.29 is 19.0 Å². The quantitative estimate of drug-likeness (QED) is 0.615. The Morgan fingerprint density at radius 3 is 2.94 bits per heavy atom. The Bertz CT molecular complexity index is 417. The Morgan fingerprint density at radius 2 is 2.19 bits per heavy atom. The average Bonchev–Trinajstić information content (AvgIpc) is 2.29. The zero-order valence-corrected chi connectivity index (χ0v) is 10.9. The number of benzene rings is 1. The molecule has 0 radical (unpaired) electrons. The molecule has 1 aliphatic rings. The van der Waals surface area contributed by atoms with E-state index in [1.54, 1.807) is 19.1 Å². The molecule has 0 aromatic heterocycles. The van der Waals surface area contributed by atoms with Crippen LogP contribution in [0.3, 0.4) is 0 Å². The highest BCUT2D eigenvalue weighted by atomic mass is 127. The highest BCUT2D eigenvalue weighted by molar-refractivity contribution is 14.1. The topological polar surface area (TPSA) is 44.8 Å². The van der Waals surface area contributed by atoms with Crippen molar-refractivity contribution in [3.05, 3.63) is 21.3 Å². The number of ether oxygens (including phenoxy) is 3. The van der Waals surface area contributed by atoms with E-state index < -0.39 is 0 Å². The average molecular weight is 334 g/mol. The maximum absolute atomic E-state index is 11.6. The number of carbonyl (C=O) groups is 1. The van der Waals surface area contributed by atoms with E-state index in [0.29, 0.717) is 36.9 Å². The summed E-state index contributed by atoms with van der Waals surface area (Å²) in [6.45, 7) is 3.20. The highest BCUT2D eigenvalue weighted by Crippen LogP contribution is 2.36. The van der Waals surface area contributed by atoms with E-state index >= 15 is 0 Å². The number of fused-ring (bicyclic) bond motifs is 1. The molecule has 16 heavy (non-hydrogen) atoms. The van der Waals surface area contributed by atoms with Gasteiger partial charge in [0.1, 0.15) is 13.2 Å². The molecule has 86 valence electrons. The van der Waals surface area contributed by atoms with Gasteiger partial charge in [0.25, 0.3) is 0 Å². The maximum Gasteiger partial charge on any atom is 0.338 e. The van der Waals surface area contributed by atoms with E-state index in [2.05, 4.69) is 22.6 Å². The summed E-state index contributed by atoms with van der Waals surface area (Å²) in [5, 5.41) is 0. The van der Waals surface area contributed by atoms with Crippen molar-refractivity contribution in [2.24, 2.45) is 0 Å². The first-order chi connectivity index (χ1) is 7.72. The van der Waals surface area contributed by atoms with Gasteiger partial charge in [-0.25, -0.2) is 4.79 Å². The van der Waals surface area contributed by atoms with Gasteiger partial charge in [0.05, 0.1) is 15.7 Å². The van der Waals surface area contributed by atoms with Gasteiger partial charge in [-0.3, -0.25) is 0 Å². The Labute approximate surface area is 107 Å². The molecule has 0 amide bonds. The zero-order chi connectivity index (χ0) is 11.5. The lowest BCUT2D eigenvalue weighted by Crippen LogP contribution is -2.17. The molecule has 0 spiro atoms. The molecule has 0 fully saturated rings. The van der Waals surface area contributed by atoms with Crippen molar-refractivity contribution in [3.8, 4) is 11.5 Å². The fourth-order valence-electron chi connectivity index (χ4n) is 1.44. The largest absolute Gasteiger partial charge is 0.486 e. The third-order valence-corrected chi connectivity index (χ3v) is 2.91. The molecule has 4 nitrogen and oxygen atoms in total. The van der Waals surface area contributed by atoms with Gasteiger partial charge in [-0.15, -0.1) is 0 Å². The molecule has 0 saturated carbocycles. The van der Waals surface area contributed by atoms with E-state index in [0.717, 1.165) is 3.57 Å². The molecule has 1 aromatic rings. The number of halogens is 1. The number of carbonyl (C=O) groups excluding carboxylic acids is 1. The minimum absolute atomic E-state index is 0.336. The van der Waals surface area contributed by atoms with Crippen molar-refractivity contribution in [3.63, 3.8) is 0 Å². The van der Waals surface area contributed by atoms with E-state index in [4.69, 9.17) is 14.2 Å². The predicted molar refractivity (Wildman–Crippen MR) is 66.1 cm³/mol. The van der Waals surface area contributed by atoms with E-state index in [1.165, 1.54) is 0 Å². The van der Waals surface area contributed by atoms with Crippen LogP contribution in [0.2, 0.25) is 0 Å². The molecule has 1 heterocycles. The minimum atomic E-state index is -0.336. The molecule has 0 bridgehead atoms. The number of hydrogen-bond acceptors (Lipinski definition) is 4. The maximum atomic E-state index is 11.6. The second kappa shape index (κ2) is 4.90. The van der Waals surface area contributed by atoms with Gasteiger partial charge in [-0.1, -0.05) is 0 Å². The van der Waals surface area contributed by atoms with Gasteiger partial charge in [0.2, 0.25) is 0 Å². The van der Waals surface area contributed by atoms with E-state index in [9.17, 15) is 4.79 Å². The van der Waals surface area contributed by atoms with Gasteiger partial charge >= 0.3 is 5.97 Å². The van der Waals surface area contributed by atoms with Crippen molar-refractivity contribution in [1.82, 2.24) is 0 Å². The Balaban J connectivity index is 2.35. The lowest BCUT2D eigenvalue weighted by Gasteiger charge is -2.20. The van der Waals surface area contributed by atoms with Crippen LogP contribution in [-0.2, 0) is 4.74 Å². The fourth-order valence-corrected chi connectivity index (χ4v) is 2.20. The normalized spacial score (nSPS) is 13.4. The Hall–Kier alpha value is -0.980. The molecule has 1 aromatic carbocycles. The smallest absolute Gasteiger partial charge is 0.338 e. The lowest BCUT2D eigenvalue weighted by molar-refractivity contribution is 0.0525.